The molecule has 0 amide bonds. The van der Waals surface area contributed by atoms with E-state index in [1.54, 1.807) is 24.3 Å². The molecule has 0 fully saturated rings. The summed E-state index contributed by atoms with van der Waals surface area (Å²) in [5.41, 5.74) is 0.787. The number of ether oxygens (including phenoxy) is 1. The van der Waals surface area contributed by atoms with Gasteiger partial charge in [-0.05, 0) is 24.6 Å². The summed E-state index contributed by atoms with van der Waals surface area (Å²) in [7, 11) is 0. The van der Waals surface area contributed by atoms with Crippen LogP contribution in [-0.4, -0.2) is 6.61 Å². The third kappa shape index (κ3) is 3.53. The Morgan fingerprint density at radius 2 is 1.79 bits per heavy atom. The lowest BCUT2D eigenvalue weighted by molar-refractivity contribution is -0.0468. The Labute approximate surface area is 119 Å². The Hall–Kier alpha value is -1.42. The number of rotatable bonds is 4. The highest BCUT2D eigenvalue weighted by Crippen LogP contribution is 2.30. The fraction of sp³-hybridized carbons (Fsp3) is 0.200. The summed E-state index contributed by atoms with van der Waals surface area (Å²) >= 11 is 3.29. The zero-order chi connectivity index (χ0) is 13.9. The van der Waals surface area contributed by atoms with Gasteiger partial charge in [-0.2, -0.15) is 8.78 Å². The lowest BCUT2D eigenvalue weighted by Gasteiger charge is -2.18. The van der Waals surface area contributed by atoms with Crippen LogP contribution < -0.4 is 4.74 Å². The minimum absolute atomic E-state index is 0.0392. The van der Waals surface area contributed by atoms with Crippen LogP contribution in [0.4, 0.5) is 8.78 Å². The predicted octanol–water partition coefficient (Wildman–Crippen LogP) is 4.93. The molecule has 0 spiro atoms. The van der Waals surface area contributed by atoms with E-state index < -0.39 is 12.5 Å². The van der Waals surface area contributed by atoms with E-state index in [1.807, 2.05) is 19.1 Å². The Kier molecular flexibility index (Phi) is 4.20. The molecular weight excluding hydrogens is 314 g/mol. The van der Waals surface area contributed by atoms with E-state index in [2.05, 4.69) is 15.9 Å². The third-order valence-corrected chi connectivity index (χ3v) is 3.25. The Morgan fingerprint density at radius 1 is 1.11 bits per heavy atom. The molecule has 19 heavy (non-hydrogen) atoms. The van der Waals surface area contributed by atoms with Crippen LogP contribution in [0, 0.1) is 6.92 Å². The molecule has 0 aromatic heterocycles. The van der Waals surface area contributed by atoms with Crippen molar-refractivity contribution in [2.45, 2.75) is 12.8 Å². The average Bonchev–Trinajstić information content (AvgIpc) is 2.41. The normalized spacial score (nSPS) is 11.4. The van der Waals surface area contributed by atoms with Crippen LogP contribution in [0.3, 0.4) is 0 Å². The molecule has 0 aliphatic carbocycles. The molecule has 4 heteroatoms. The van der Waals surface area contributed by atoms with Gasteiger partial charge in [0.1, 0.15) is 5.75 Å². The summed E-state index contributed by atoms with van der Waals surface area (Å²) in [5.74, 6) is -2.54. The molecule has 0 saturated heterocycles. The van der Waals surface area contributed by atoms with Crippen LogP contribution in [0.1, 0.15) is 11.1 Å². The second-order valence-electron chi connectivity index (χ2n) is 4.27. The summed E-state index contributed by atoms with van der Waals surface area (Å²) in [6.45, 7) is 1.15. The van der Waals surface area contributed by atoms with Gasteiger partial charge in [0, 0.05) is 10.0 Å². The summed E-state index contributed by atoms with van der Waals surface area (Å²) in [5, 5.41) is 0. The quantitative estimate of drug-likeness (QED) is 0.774. The summed E-state index contributed by atoms with van der Waals surface area (Å²) in [4.78, 5) is 0. The highest BCUT2D eigenvalue weighted by Gasteiger charge is 2.32. The first kappa shape index (κ1) is 14.0. The molecular formula is C15H13BrF2O. The summed E-state index contributed by atoms with van der Waals surface area (Å²) in [6, 6.07) is 13.0. The molecule has 0 heterocycles. The highest BCUT2D eigenvalue weighted by molar-refractivity contribution is 9.10. The molecule has 0 saturated carbocycles. The SMILES string of the molecule is Cc1ccc(Br)cc1OCC(F)(F)c1ccccc1. The molecule has 0 atom stereocenters. The van der Waals surface area contributed by atoms with Crippen LogP contribution in [-0.2, 0) is 5.92 Å². The van der Waals surface area contributed by atoms with Crippen LogP contribution >= 0.6 is 15.9 Å². The zero-order valence-electron chi connectivity index (χ0n) is 10.4. The number of hydrogen-bond acceptors (Lipinski definition) is 1. The van der Waals surface area contributed by atoms with Gasteiger partial charge in [0.25, 0.3) is 0 Å². The second kappa shape index (κ2) is 5.70. The Balaban J connectivity index is 2.12. The van der Waals surface area contributed by atoms with Gasteiger partial charge in [-0.15, -0.1) is 0 Å². The van der Waals surface area contributed by atoms with E-state index in [0.29, 0.717) is 5.75 Å². The fourth-order valence-electron chi connectivity index (χ4n) is 1.66. The third-order valence-electron chi connectivity index (χ3n) is 2.76. The van der Waals surface area contributed by atoms with E-state index in [-0.39, 0.29) is 5.56 Å². The van der Waals surface area contributed by atoms with Gasteiger partial charge in [-0.3, -0.25) is 0 Å². The predicted molar refractivity (Wildman–Crippen MR) is 74.7 cm³/mol. The van der Waals surface area contributed by atoms with E-state index in [4.69, 9.17) is 4.74 Å². The maximum atomic E-state index is 13.9. The summed E-state index contributed by atoms with van der Waals surface area (Å²) in [6.07, 6.45) is 0. The highest BCUT2D eigenvalue weighted by atomic mass is 79.9. The number of aryl methyl sites for hydroxylation is 1. The van der Waals surface area contributed by atoms with Gasteiger partial charge >= 0.3 is 5.92 Å². The molecule has 2 aromatic rings. The van der Waals surface area contributed by atoms with Crippen molar-refractivity contribution in [3.8, 4) is 5.75 Å². The first-order valence-electron chi connectivity index (χ1n) is 5.81. The standard InChI is InChI=1S/C15H13BrF2O/c1-11-7-8-13(16)9-14(11)19-10-15(17,18)12-5-3-2-4-6-12/h2-9H,10H2,1H3. The molecule has 0 aliphatic heterocycles. The first-order valence-corrected chi connectivity index (χ1v) is 6.61. The van der Waals surface area contributed by atoms with E-state index in [9.17, 15) is 8.78 Å². The lowest BCUT2D eigenvalue weighted by Crippen LogP contribution is -2.23. The Bertz CT molecular complexity index is 555. The number of hydrogen-bond donors (Lipinski definition) is 0. The topological polar surface area (TPSA) is 9.23 Å². The van der Waals surface area contributed by atoms with Crippen molar-refractivity contribution in [1.29, 1.82) is 0 Å². The van der Waals surface area contributed by atoms with Gasteiger partial charge in [0.15, 0.2) is 6.61 Å². The van der Waals surface area contributed by atoms with Gasteiger partial charge in [-0.1, -0.05) is 52.3 Å². The van der Waals surface area contributed by atoms with Gasteiger partial charge in [0.2, 0.25) is 0 Å². The molecule has 0 bridgehead atoms. The largest absolute Gasteiger partial charge is 0.487 e. The minimum atomic E-state index is -3.00. The van der Waals surface area contributed by atoms with Gasteiger partial charge < -0.3 is 4.74 Å². The maximum absolute atomic E-state index is 13.9. The molecule has 0 aliphatic rings. The van der Waals surface area contributed by atoms with E-state index >= 15 is 0 Å². The van der Waals surface area contributed by atoms with Crippen LogP contribution in [0.15, 0.2) is 53.0 Å². The van der Waals surface area contributed by atoms with Crippen molar-refractivity contribution < 1.29 is 13.5 Å². The van der Waals surface area contributed by atoms with Crippen molar-refractivity contribution in [2.24, 2.45) is 0 Å². The number of halogens is 3. The molecule has 0 N–H and O–H groups in total. The van der Waals surface area contributed by atoms with Crippen LogP contribution in [0.5, 0.6) is 5.75 Å². The van der Waals surface area contributed by atoms with Crippen molar-refractivity contribution in [3.63, 3.8) is 0 Å². The molecule has 1 nitrogen and oxygen atoms in total. The first-order chi connectivity index (χ1) is 8.99. The molecule has 2 aromatic carbocycles. The molecule has 0 unspecified atom stereocenters. The van der Waals surface area contributed by atoms with E-state index in [0.717, 1.165) is 10.0 Å². The number of benzene rings is 2. The zero-order valence-corrected chi connectivity index (χ0v) is 12.0. The van der Waals surface area contributed by atoms with Gasteiger partial charge in [-0.25, -0.2) is 0 Å². The molecule has 2 rings (SSSR count). The summed E-state index contributed by atoms with van der Waals surface area (Å²) < 4.78 is 33.9. The minimum Gasteiger partial charge on any atom is -0.487 e. The molecule has 0 radical (unpaired) electrons. The van der Waals surface area contributed by atoms with Crippen molar-refractivity contribution in [2.75, 3.05) is 6.61 Å². The maximum Gasteiger partial charge on any atom is 0.306 e. The van der Waals surface area contributed by atoms with E-state index in [1.165, 1.54) is 12.1 Å². The average molecular weight is 327 g/mol. The second-order valence-corrected chi connectivity index (χ2v) is 5.18. The smallest absolute Gasteiger partial charge is 0.306 e. The van der Waals surface area contributed by atoms with Crippen molar-refractivity contribution in [1.82, 2.24) is 0 Å². The monoisotopic (exact) mass is 326 g/mol. The fourth-order valence-corrected chi connectivity index (χ4v) is 2.00. The van der Waals surface area contributed by atoms with Gasteiger partial charge in [0.05, 0.1) is 0 Å². The number of alkyl halides is 2. The Morgan fingerprint density at radius 3 is 2.47 bits per heavy atom. The van der Waals surface area contributed by atoms with Crippen molar-refractivity contribution >= 4 is 15.9 Å². The molecule has 100 valence electrons. The van der Waals surface area contributed by atoms with Crippen molar-refractivity contribution in [3.05, 3.63) is 64.1 Å². The lowest BCUT2D eigenvalue weighted by atomic mass is 10.1. The van der Waals surface area contributed by atoms with Crippen LogP contribution in [0.2, 0.25) is 0 Å². The van der Waals surface area contributed by atoms with Crippen LogP contribution in [0.25, 0.3) is 0 Å².